The van der Waals surface area contributed by atoms with Gasteiger partial charge in [0.2, 0.25) is 11.8 Å². The highest BCUT2D eigenvalue weighted by molar-refractivity contribution is 6.24. The fraction of sp³-hybridized carbons (Fsp3) is 0.375. The lowest BCUT2D eigenvalue weighted by molar-refractivity contribution is -0.384. The van der Waals surface area contributed by atoms with Crippen LogP contribution in [-0.4, -0.2) is 35.6 Å². The van der Waals surface area contributed by atoms with E-state index in [1.807, 2.05) is 0 Å². The Morgan fingerprint density at radius 1 is 1.33 bits per heavy atom. The zero-order valence-electron chi connectivity index (χ0n) is 13.0. The number of amides is 2. The van der Waals surface area contributed by atoms with Crippen molar-refractivity contribution in [3.8, 4) is 5.75 Å². The Kier molecular flexibility index (Phi) is 2.86. The fourth-order valence-electron chi connectivity index (χ4n) is 3.86. The smallest absolute Gasteiger partial charge is 0.297 e. The van der Waals surface area contributed by atoms with Crippen molar-refractivity contribution in [2.24, 2.45) is 11.8 Å². The van der Waals surface area contributed by atoms with E-state index < -0.39 is 40.3 Å². The Hall–Kier alpha value is -2.74. The molecule has 0 saturated carbocycles. The molecular weight excluding hydrogens is 316 g/mol. The number of nitro groups is 1. The molecule has 0 N–H and O–H groups in total. The molecular formula is C16H14N2O6. The Morgan fingerprint density at radius 2 is 2.08 bits per heavy atom. The zero-order chi connectivity index (χ0) is 17.2. The number of anilines is 1. The molecule has 3 aliphatic heterocycles. The van der Waals surface area contributed by atoms with Crippen molar-refractivity contribution in [1.82, 2.24) is 0 Å². The molecule has 1 aromatic carbocycles. The molecule has 2 saturated heterocycles. The Balaban J connectivity index is 1.81. The standard InChI is InChI=1S/C16H14N2O6/c1-16-6-5-11(24-16)12-13(16)15(20)17(14(12)19)9-4-3-8(23-2)7-10(9)18(21)22/h3-7,11-13H,1-2H3. The van der Waals surface area contributed by atoms with Crippen LogP contribution in [0.2, 0.25) is 0 Å². The Bertz CT molecular complexity index is 819. The minimum Gasteiger partial charge on any atom is -0.496 e. The monoisotopic (exact) mass is 330 g/mol. The summed E-state index contributed by atoms with van der Waals surface area (Å²) in [6.07, 6.45) is 3.10. The van der Waals surface area contributed by atoms with Crippen LogP contribution < -0.4 is 9.64 Å². The van der Waals surface area contributed by atoms with Gasteiger partial charge in [-0.15, -0.1) is 0 Å². The second-order valence-electron chi connectivity index (χ2n) is 6.25. The summed E-state index contributed by atoms with van der Waals surface area (Å²) >= 11 is 0. The number of methoxy groups -OCH3 is 1. The zero-order valence-corrected chi connectivity index (χ0v) is 13.0. The summed E-state index contributed by atoms with van der Waals surface area (Å²) in [6, 6.07) is 4.06. The molecule has 1 aromatic rings. The minimum absolute atomic E-state index is 0.0341. The second-order valence-corrected chi connectivity index (χ2v) is 6.25. The van der Waals surface area contributed by atoms with E-state index >= 15 is 0 Å². The van der Waals surface area contributed by atoms with E-state index in [4.69, 9.17) is 9.47 Å². The molecule has 24 heavy (non-hydrogen) atoms. The molecule has 8 nitrogen and oxygen atoms in total. The number of nitrogens with zero attached hydrogens (tertiary/aromatic N) is 2. The SMILES string of the molecule is COc1ccc(N2C(=O)C3C4C=CC(C)(O4)C3C2=O)c([N+](=O)[O-])c1. The number of hydrogen-bond donors (Lipinski definition) is 0. The first-order valence-electron chi connectivity index (χ1n) is 7.45. The van der Waals surface area contributed by atoms with Crippen molar-refractivity contribution in [2.75, 3.05) is 12.0 Å². The van der Waals surface area contributed by atoms with Crippen LogP contribution in [0.25, 0.3) is 0 Å². The van der Waals surface area contributed by atoms with E-state index in [2.05, 4.69) is 0 Å². The third-order valence-corrected chi connectivity index (χ3v) is 4.95. The first kappa shape index (κ1) is 14.8. The van der Waals surface area contributed by atoms with Crippen LogP contribution in [-0.2, 0) is 14.3 Å². The van der Waals surface area contributed by atoms with E-state index in [-0.39, 0.29) is 17.1 Å². The van der Waals surface area contributed by atoms with Gasteiger partial charge in [-0.05, 0) is 19.1 Å². The first-order chi connectivity index (χ1) is 11.4. The summed E-state index contributed by atoms with van der Waals surface area (Å²) in [7, 11) is 1.39. The average Bonchev–Trinajstić information content (AvgIpc) is 3.16. The Labute approximate surface area is 136 Å². The number of hydrogen-bond acceptors (Lipinski definition) is 6. The van der Waals surface area contributed by atoms with E-state index in [9.17, 15) is 19.7 Å². The predicted molar refractivity (Wildman–Crippen MR) is 81.5 cm³/mol. The lowest BCUT2D eigenvalue weighted by Gasteiger charge is -2.24. The molecule has 0 aliphatic carbocycles. The van der Waals surface area contributed by atoms with Crippen LogP contribution >= 0.6 is 0 Å². The van der Waals surface area contributed by atoms with Gasteiger partial charge in [0.25, 0.3) is 5.69 Å². The largest absolute Gasteiger partial charge is 0.496 e. The number of imide groups is 1. The van der Waals surface area contributed by atoms with Crippen molar-refractivity contribution >= 4 is 23.2 Å². The van der Waals surface area contributed by atoms with E-state index in [0.29, 0.717) is 0 Å². The van der Waals surface area contributed by atoms with Crippen LogP contribution in [0, 0.1) is 22.0 Å². The van der Waals surface area contributed by atoms with Crippen molar-refractivity contribution in [3.05, 3.63) is 40.5 Å². The molecule has 4 atom stereocenters. The van der Waals surface area contributed by atoms with Crippen LogP contribution in [0.1, 0.15) is 6.92 Å². The number of carbonyl (C=O) groups excluding carboxylic acids is 2. The molecule has 2 fully saturated rings. The van der Waals surface area contributed by atoms with Gasteiger partial charge in [0.1, 0.15) is 11.4 Å². The quantitative estimate of drug-likeness (QED) is 0.360. The maximum absolute atomic E-state index is 12.9. The number of benzene rings is 1. The molecule has 3 heterocycles. The predicted octanol–water partition coefficient (Wildman–Crippen LogP) is 1.44. The molecule has 4 rings (SSSR count). The van der Waals surface area contributed by atoms with Crippen LogP contribution in [0.3, 0.4) is 0 Å². The fourth-order valence-corrected chi connectivity index (χ4v) is 3.86. The molecule has 0 radical (unpaired) electrons. The maximum atomic E-state index is 12.9. The van der Waals surface area contributed by atoms with Crippen LogP contribution in [0.4, 0.5) is 11.4 Å². The van der Waals surface area contributed by atoms with Gasteiger partial charge in [0, 0.05) is 0 Å². The number of ether oxygens (including phenoxy) is 2. The summed E-state index contributed by atoms with van der Waals surface area (Å²) in [5, 5.41) is 11.4. The van der Waals surface area contributed by atoms with Crippen LogP contribution in [0.5, 0.6) is 5.75 Å². The molecule has 3 aliphatic rings. The van der Waals surface area contributed by atoms with E-state index in [1.165, 1.54) is 25.3 Å². The number of rotatable bonds is 3. The van der Waals surface area contributed by atoms with Gasteiger partial charge < -0.3 is 9.47 Å². The lowest BCUT2D eigenvalue weighted by Crippen LogP contribution is -2.38. The second kappa shape index (κ2) is 4.64. The van der Waals surface area contributed by atoms with E-state index in [0.717, 1.165) is 4.90 Å². The summed E-state index contributed by atoms with van der Waals surface area (Å²) in [5.41, 5.74) is -1.21. The van der Waals surface area contributed by atoms with Crippen molar-refractivity contribution in [3.63, 3.8) is 0 Å². The minimum atomic E-state index is -0.835. The number of carbonyl (C=O) groups is 2. The summed E-state index contributed by atoms with van der Waals surface area (Å²) in [4.78, 5) is 37.3. The molecule has 0 aromatic heterocycles. The van der Waals surface area contributed by atoms with Gasteiger partial charge in [-0.2, -0.15) is 0 Å². The Morgan fingerprint density at radius 3 is 2.71 bits per heavy atom. The summed E-state index contributed by atoms with van der Waals surface area (Å²) in [6.45, 7) is 1.76. The van der Waals surface area contributed by atoms with Gasteiger partial charge in [-0.25, -0.2) is 4.90 Å². The normalized spacial score (nSPS) is 33.2. The third kappa shape index (κ3) is 1.71. The molecule has 124 valence electrons. The highest BCUT2D eigenvalue weighted by atomic mass is 16.6. The van der Waals surface area contributed by atoms with Crippen molar-refractivity contribution in [1.29, 1.82) is 0 Å². The van der Waals surface area contributed by atoms with Gasteiger partial charge >= 0.3 is 0 Å². The molecule has 4 unspecified atom stereocenters. The lowest BCUT2D eigenvalue weighted by atomic mass is 9.78. The third-order valence-electron chi connectivity index (χ3n) is 4.95. The summed E-state index contributed by atoms with van der Waals surface area (Å²) < 4.78 is 10.7. The molecule has 8 heteroatoms. The van der Waals surface area contributed by atoms with Gasteiger partial charge in [0.05, 0.1) is 41.6 Å². The van der Waals surface area contributed by atoms with Gasteiger partial charge in [-0.3, -0.25) is 19.7 Å². The molecule has 2 bridgehead atoms. The maximum Gasteiger partial charge on any atom is 0.297 e. The van der Waals surface area contributed by atoms with Crippen molar-refractivity contribution in [2.45, 2.75) is 18.6 Å². The summed E-state index contributed by atoms with van der Waals surface area (Å²) in [5.74, 6) is -1.93. The van der Waals surface area contributed by atoms with E-state index in [1.54, 1.807) is 19.1 Å². The van der Waals surface area contributed by atoms with Crippen LogP contribution in [0.15, 0.2) is 30.4 Å². The average molecular weight is 330 g/mol. The molecule has 0 spiro atoms. The number of fused-ring (bicyclic) bond motifs is 5. The topological polar surface area (TPSA) is 99.0 Å². The highest BCUT2D eigenvalue weighted by Crippen LogP contribution is 2.53. The number of nitro benzene ring substituents is 1. The van der Waals surface area contributed by atoms with Crippen molar-refractivity contribution < 1.29 is 24.0 Å². The highest BCUT2D eigenvalue weighted by Gasteiger charge is 2.66. The first-order valence-corrected chi connectivity index (χ1v) is 7.45. The van der Waals surface area contributed by atoms with Gasteiger partial charge in [0.15, 0.2) is 0 Å². The van der Waals surface area contributed by atoms with Gasteiger partial charge in [-0.1, -0.05) is 12.2 Å². The molecule has 2 amide bonds.